The van der Waals surface area contributed by atoms with E-state index < -0.39 is 11.2 Å². The maximum atomic E-state index is 12.4. The summed E-state index contributed by atoms with van der Waals surface area (Å²) >= 11 is 0. The number of hydrogen-bond donors (Lipinski definition) is 1. The first kappa shape index (κ1) is 19.1. The van der Waals surface area contributed by atoms with Gasteiger partial charge in [-0.05, 0) is 31.0 Å². The molecule has 1 N–H and O–H groups in total. The van der Waals surface area contributed by atoms with E-state index in [9.17, 15) is 14.9 Å². The van der Waals surface area contributed by atoms with E-state index in [1.807, 2.05) is 55.5 Å². The lowest BCUT2D eigenvalue weighted by molar-refractivity contribution is 0.665. The highest BCUT2D eigenvalue weighted by Gasteiger charge is 2.21. The minimum absolute atomic E-state index is 0.102. The normalized spacial score (nSPS) is 11.6. The molecular formula is C21H21N5O2. The monoisotopic (exact) mass is 375 g/mol. The number of nitrogens with one attached hydrogen (secondary N) is 1. The van der Waals surface area contributed by atoms with E-state index in [0.717, 1.165) is 21.4 Å². The van der Waals surface area contributed by atoms with Crippen molar-refractivity contribution in [3.63, 3.8) is 0 Å². The molecule has 0 bridgehead atoms. The Bertz CT molecular complexity index is 1140. The lowest BCUT2D eigenvalue weighted by Crippen LogP contribution is -2.40. The summed E-state index contributed by atoms with van der Waals surface area (Å²) < 4.78 is 2.21. The smallest absolute Gasteiger partial charge is 0.332 e. The van der Waals surface area contributed by atoms with E-state index >= 15 is 0 Å². The van der Waals surface area contributed by atoms with Crippen LogP contribution in [0.15, 0.2) is 58.3 Å². The van der Waals surface area contributed by atoms with Crippen LogP contribution >= 0.6 is 0 Å². The van der Waals surface area contributed by atoms with Crippen LogP contribution in [-0.4, -0.2) is 14.1 Å². The van der Waals surface area contributed by atoms with Crippen molar-refractivity contribution in [3.05, 3.63) is 91.9 Å². The molecule has 2 heterocycles. The summed E-state index contributed by atoms with van der Waals surface area (Å²) in [4.78, 5) is 29.2. The molecule has 7 heteroatoms. The zero-order valence-electron chi connectivity index (χ0n) is 16.0. The first-order valence-corrected chi connectivity index (χ1v) is 8.85. The molecule has 3 aromatic rings. The van der Waals surface area contributed by atoms with Crippen LogP contribution in [-0.2, 0) is 20.5 Å². The Morgan fingerprint density at radius 1 is 1.11 bits per heavy atom. The predicted molar refractivity (Wildman–Crippen MR) is 107 cm³/mol. The van der Waals surface area contributed by atoms with Gasteiger partial charge in [0.25, 0.3) is 5.56 Å². The Labute approximate surface area is 162 Å². The number of nitrogens with zero attached hydrogens (tertiary/aromatic N) is 4. The SMILES string of the molecule is Cc1ccc(CC(Nc2c(C#N)c(=O)n(C)c(=O)n2C)c2ccccn2)cc1. The molecule has 7 nitrogen and oxygen atoms in total. The Hall–Kier alpha value is -3.66. The largest absolute Gasteiger partial charge is 0.361 e. The summed E-state index contributed by atoms with van der Waals surface area (Å²) in [5.74, 6) is 0.193. The van der Waals surface area contributed by atoms with Gasteiger partial charge >= 0.3 is 5.69 Å². The molecule has 0 spiro atoms. The first-order valence-electron chi connectivity index (χ1n) is 8.85. The molecule has 28 heavy (non-hydrogen) atoms. The summed E-state index contributed by atoms with van der Waals surface area (Å²) in [5, 5.41) is 12.7. The number of rotatable bonds is 5. The van der Waals surface area contributed by atoms with Gasteiger partial charge in [-0.3, -0.25) is 18.9 Å². The molecule has 1 unspecified atom stereocenters. The van der Waals surface area contributed by atoms with Gasteiger partial charge in [0.1, 0.15) is 11.9 Å². The van der Waals surface area contributed by atoms with E-state index in [2.05, 4.69) is 10.3 Å². The number of aromatic nitrogens is 3. The van der Waals surface area contributed by atoms with Crippen molar-refractivity contribution in [1.29, 1.82) is 5.26 Å². The molecule has 2 aromatic heterocycles. The first-order chi connectivity index (χ1) is 13.4. The molecule has 3 rings (SSSR count). The standard InChI is InChI=1S/C21H21N5O2/c1-14-7-9-15(10-8-14)12-18(17-6-4-5-11-23-17)24-19-16(13-22)20(27)26(3)21(28)25(19)2/h4-11,18,24H,12H2,1-3H3. The van der Waals surface area contributed by atoms with Gasteiger partial charge in [0.15, 0.2) is 5.56 Å². The van der Waals surface area contributed by atoms with Crippen molar-refractivity contribution in [2.45, 2.75) is 19.4 Å². The Kier molecular flexibility index (Phi) is 5.41. The highest BCUT2D eigenvalue weighted by molar-refractivity contribution is 5.52. The zero-order valence-corrected chi connectivity index (χ0v) is 16.0. The molecule has 142 valence electrons. The van der Waals surface area contributed by atoms with E-state index in [-0.39, 0.29) is 17.4 Å². The van der Waals surface area contributed by atoms with Crippen LogP contribution in [0, 0.1) is 18.3 Å². The van der Waals surface area contributed by atoms with Crippen molar-refractivity contribution in [1.82, 2.24) is 14.1 Å². The fourth-order valence-electron chi connectivity index (χ4n) is 3.05. The fraction of sp³-hybridized carbons (Fsp3) is 0.238. The second-order valence-corrected chi connectivity index (χ2v) is 6.68. The number of anilines is 1. The molecule has 0 amide bonds. The van der Waals surface area contributed by atoms with Gasteiger partial charge in [0.05, 0.1) is 11.7 Å². The molecule has 0 aliphatic heterocycles. The van der Waals surface area contributed by atoms with E-state index in [0.29, 0.717) is 6.42 Å². The van der Waals surface area contributed by atoms with Crippen LogP contribution in [0.2, 0.25) is 0 Å². The molecule has 0 saturated heterocycles. The van der Waals surface area contributed by atoms with Gasteiger partial charge in [-0.15, -0.1) is 0 Å². The third-order valence-corrected chi connectivity index (χ3v) is 4.69. The number of aryl methyl sites for hydroxylation is 1. The third-order valence-electron chi connectivity index (χ3n) is 4.69. The fourth-order valence-corrected chi connectivity index (χ4v) is 3.05. The summed E-state index contributed by atoms with van der Waals surface area (Å²) in [6.07, 6.45) is 2.26. The van der Waals surface area contributed by atoms with Crippen LogP contribution in [0.1, 0.15) is 28.4 Å². The van der Waals surface area contributed by atoms with Crippen LogP contribution in [0.3, 0.4) is 0 Å². The molecule has 1 atom stereocenters. The van der Waals surface area contributed by atoms with E-state index in [1.165, 1.54) is 18.7 Å². The lowest BCUT2D eigenvalue weighted by Gasteiger charge is -2.22. The maximum absolute atomic E-state index is 12.4. The van der Waals surface area contributed by atoms with Crippen molar-refractivity contribution in [2.75, 3.05) is 5.32 Å². The second-order valence-electron chi connectivity index (χ2n) is 6.68. The Morgan fingerprint density at radius 2 is 1.82 bits per heavy atom. The highest BCUT2D eigenvalue weighted by Crippen LogP contribution is 2.23. The van der Waals surface area contributed by atoms with E-state index in [1.54, 1.807) is 6.20 Å². The lowest BCUT2D eigenvalue weighted by atomic mass is 10.0. The van der Waals surface area contributed by atoms with Crippen LogP contribution in [0.5, 0.6) is 0 Å². The molecule has 1 aromatic carbocycles. The average molecular weight is 375 g/mol. The van der Waals surface area contributed by atoms with Gasteiger partial charge in [0.2, 0.25) is 0 Å². The summed E-state index contributed by atoms with van der Waals surface area (Å²) in [5.41, 5.74) is 1.76. The Balaban J connectivity index is 2.08. The van der Waals surface area contributed by atoms with Crippen molar-refractivity contribution in [2.24, 2.45) is 14.1 Å². The topological polar surface area (TPSA) is 92.7 Å². The highest BCUT2D eigenvalue weighted by atomic mass is 16.2. The van der Waals surface area contributed by atoms with Crippen LogP contribution in [0.25, 0.3) is 0 Å². The van der Waals surface area contributed by atoms with Crippen molar-refractivity contribution >= 4 is 5.82 Å². The minimum Gasteiger partial charge on any atom is -0.361 e. The molecular weight excluding hydrogens is 354 g/mol. The predicted octanol–water partition coefficient (Wildman–Crippen LogP) is 2.05. The van der Waals surface area contributed by atoms with E-state index in [4.69, 9.17) is 0 Å². The van der Waals surface area contributed by atoms with Gasteiger partial charge in [0, 0.05) is 20.3 Å². The maximum Gasteiger partial charge on any atom is 0.332 e. The molecule has 0 aliphatic rings. The van der Waals surface area contributed by atoms with Crippen LogP contribution < -0.4 is 16.6 Å². The minimum atomic E-state index is -0.622. The number of nitriles is 1. The number of hydrogen-bond acceptors (Lipinski definition) is 5. The second kappa shape index (κ2) is 7.92. The zero-order chi connectivity index (χ0) is 20.3. The molecule has 0 radical (unpaired) electrons. The quantitative estimate of drug-likeness (QED) is 0.737. The molecule has 0 aliphatic carbocycles. The van der Waals surface area contributed by atoms with Crippen LogP contribution in [0.4, 0.5) is 5.82 Å². The summed E-state index contributed by atoms with van der Waals surface area (Å²) in [6.45, 7) is 2.02. The summed E-state index contributed by atoms with van der Waals surface area (Å²) in [7, 11) is 2.89. The summed E-state index contributed by atoms with van der Waals surface area (Å²) in [6, 6.07) is 15.3. The average Bonchev–Trinajstić information content (AvgIpc) is 2.72. The van der Waals surface area contributed by atoms with Gasteiger partial charge in [-0.2, -0.15) is 5.26 Å². The van der Waals surface area contributed by atoms with Gasteiger partial charge < -0.3 is 5.32 Å². The van der Waals surface area contributed by atoms with Gasteiger partial charge in [-0.1, -0.05) is 35.9 Å². The van der Waals surface area contributed by atoms with Crippen molar-refractivity contribution < 1.29 is 0 Å². The number of pyridine rings is 1. The van der Waals surface area contributed by atoms with Crippen molar-refractivity contribution in [3.8, 4) is 6.07 Å². The Morgan fingerprint density at radius 3 is 2.43 bits per heavy atom. The van der Waals surface area contributed by atoms with Gasteiger partial charge in [-0.25, -0.2) is 4.79 Å². The number of benzene rings is 1. The molecule has 0 saturated carbocycles. The third kappa shape index (κ3) is 3.71. The molecule has 0 fully saturated rings.